The molecule has 0 saturated heterocycles. The maximum atomic E-state index is 12.1. The Hall–Kier alpha value is -1.29. The Balaban J connectivity index is 3.06. The number of hydrogen-bond donors (Lipinski definition) is 1. The lowest BCUT2D eigenvalue weighted by Crippen LogP contribution is -2.33. The second-order valence-corrected chi connectivity index (χ2v) is 4.84. The SMILES string of the molecule is COC(=O)C1=C(OS(=O)(=O)C(F)(F)F)CCNC1. The maximum absolute atomic E-state index is 12.1. The molecule has 0 spiro atoms. The van der Waals surface area contributed by atoms with Crippen LogP contribution in [0.4, 0.5) is 13.2 Å². The predicted octanol–water partition coefficient (Wildman–Crippen LogP) is 0.273. The van der Waals surface area contributed by atoms with Gasteiger partial charge in [-0.1, -0.05) is 0 Å². The average molecular weight is 289 g/mol. The van der Waals surface area contributed by atoms with E-state index in [9.17, 15) is 26.4 Å². The van der Waals surface area contributed by atoms with Crippen LogP contribution in [-0.2, 0) is 23.8 Å². The molecule has 0 saturated carbocycles. The Morgan fingerprint density at radius 3 is 2.50 bits per heavy atom. The number of esters is 1. The minimum Gasteiger partial charge on any atom is -0.466 e. The zero-order valence-corrected chi connectivity index (χ0v) is 10.0. The van der Waals surface area contributed by atoms with Crippen LogP contribution in [-0.4, -0.2) is 40.1 Å². The third kappa shape index (κ3) is 3.13. The van der Waals surface area contributed by atoms with Crippen LogP contribution in [0.25, 0.3) is 0 Å². The highest BCUT2D eigenvalue weighted by atomic mass is 32.2. The van der Waals surface area contributed by atoms with Crippen LogP contribution in [0, 0.1) is 0 Å². The first kappa shape index (κ1) is 14.8. The second kappa shape index (κ2) is 5.14. The van der Waals surface area contributed by atoms with Crippen LogP contribution < -0.4 is 5.32 Å². The summed E-state index contributed by atoms with van der Waals surface area (Å²) in [6.07, 6.45) is -0.153. The standard InChI is InChI=1S/C8H10F3NO5S/c1-16-7(13)5-4-12-3-2-6(5)17-18(14,15)8(9,10)11/h12H,2-4H2,1H3. The molecule has 0 amide bonds. The number of alkyl halides is 3. The predicted molar refractivity (Wildman–Crippen MR) is 52.6 cm³/mol. The molecule has 1 N–H and O–H groups in total. The minimum absolute atomic E-state index is 0.116. The van der Waals surface area contributed by atoms with Crippen LogP contribution in [0.1, 0.15) is 6.42 Å². The summed E-state index contributed by atoms with van der Waals surface area (Å²) in [7, 11) is -4.74. The van der Waals surface area contributed by atoms with Gasteiger partial charge >= 0.3 is 21.6 Å². The first-order valence-electron chi connectivity index (χ1n) is 4.71. The molecule has 0 radical (unpaired) electrons. The molecule has 0 unspecified atom stereocenters. The van der Waals surface area contributed by atoms with Gasteiger partial charge in [0.2, 0.25) is 0 Å². The molecule has 18 heavy (non-hydrogen) atoms. The van der Waals surface area contributed by atoms with E-state index >= 15 is 0 Å². The van der Waals surface area contributed by atoms with E-state index in [0.717, 1.165) is 7.11 Å². The Bertz CT molecular complexity index is 468. The highest BCUT2D eigenvalue weighted by Gasteiger charge is 2.49. The fraction of sp³-hybridized carbons (Fsp3) is 0.625. The summed E-state index contributed by atoms with van der Waals surface area (Å²) < 4.78 is 66.3. The highest BCUT2D eigenvalue weighted by Crippen LogP contribution is 2.29. The molecule has 6 nitrogen and oxygen atoms in total. The van der Waals surface area contributed by atoms with E-state index in [4.69, 9.17) is 0 Å². The van der Waals surface area contributed by atoms with Crippen LogP contribution in [0.15, 0.2) is 11.3 Å². The first-order chi connectivity index (χ1) is 8.19. The molecule has 1 aliphatic rings. The van der Waals surface area contributed by atoms with Crippen molar-refractivity contribution in [3.05, 3.63) is 11.3 Å². The van der Waals surface area contributed by atoms with Gasteiger partial charge < -0.3 is 14.2 Å². The van der Waals surface area contributed by atoms with Crippen molar-refractivity contribution in [2.45, 2.75) is 11.9 Å². The van der Waals surface area contributed by atoms with E-state index in [0.29, 0.717) is 0 Å². The number of hydrogen-bond acceptors (Lipinski definition) is 6. The molecule has 1 rings (SSSR count). The Kier molecular flexibility index (Phi) is 4.22. The van der Waals surface area contributed by atoms with Gasteiger partial charge in [0, 0.05) is 19.5 Å². The number of nitrogens with one attached hydrogen (secondary N) is 1. The van der Waals surface area contributed by atoms with Gasteiger partial charge in [-0.2, -0.15) is 21.6 Å². The second-order valence-electron chi connectivity index (χ2n) is 3.30. The van der Waals surface area contributed by atoms with Crippen molar-refractivity contribution >= 4 is 16.1 Å². The number of carbonyl (C=O) groups excluding carboxylic acids is 1. The molecule has 0 aromatic rings. The van der Waals surface area contributed by atoms with Crippen molar-refractivity contribution in [3.63, 3.8) is 0 Å². The quantitative estimate of drug-likeness (QED) is 0.456. The molecule has 0 fully saturated rings. The molecule has 1 heterocycles. The van der Waals surface area contributed by atoms with E-state index in [1.807, 2.05) is 0 Å². The molecule has 1 aliphatic heterocycles. The van der Waals surface area contributed by atoms with Gasteiger partial charge in [0.25, 0.3) is 0 Å². The molecule has 0 atom stereocenters. The monoisotopic (exact) mass is 289 g/mol. The van der Waals surface area contributed by atoms with E-state index < -0.39 is 27.4 Å². The normalized spacial score (nSPS) is 17.6. The van der Waals surface area contributed by atoms with Crippen LogP contribution in [0.3, 0.4) is 0 Å². The van der Waals surface area contributed by atoms with Gasteiger partial charge in [-0.15, -0.1) is 0 Å². The van der Waals surface area contributed by atoms with Crippen molar-refractivity contribution in [1.82, 2.24) is 5.32 Å². The summed E-state index contributed by atoms with van der Waals surface area (Å²) in [5, 5.41) is 2.69. The number of carbonyl (C=O) groups is 1. The van der Waals surface area contributed by atoms with Crippen molar-refractivity contribution in [3.8, 4) is 0 Å². The third-order valence-corrected chi connectivity index (χ3v) is 3.08. The summed E-state index contributed by atoms with van der Waals surface area (Å²) in [5.41, 5.74) is -5.80. The summed E-state index contributed by atoms with van der Waals surface area (Å²) >= 11 is 0. The summed E-state index contributed by atoms with van der Waals surface area (Å²) in [6.45, 7) is 0.0819. The third-order valence-electron chi connectivity index (χ3n) is 2.09. The number of methoxy groups -OCH3 is 1. The van der Waals surface area contributed by atoms with E-state index in [-0.39, 0.29) is 25.1 Å². The van der Waals surface area contributed by atoms with Gasteiger partial charge in [0.05, 0.1) is 12.7 Å². The topological polar surface area (TPSA) is 81.7 Å². The van der Waals surface area contributed by atoms with Crippen molar-refractivity contribution in [2.24, 2.45) is 0 Å². The minimum atomic E-state index is -5.77. The Morgan fingerprint density at radius 2 is 2.00 bits per heavy atom. The summed E-state index contributed by atoms with van der Waals surface area (Å²) in [4.78, 5) is 11.2. The van der Waals surface area contributed by atoms with Gasteiger partial charge in [0.15, 0.2) is 0 Å². The number of ether oxygens (including phenoxy) is 1. The Morgan fingerprint density at radius 1 is 1.39 bits per heavy atom. The lowest BCUT2D eigenvalue weighted by Gasteiger charge is -2.20. The van der Waals surface area contributed by atoms with E-state index in [2.05, 4.69) is 14.2 Å². The van der Waals surface area contributed by atoms with Gasteiger partial charge in [-0.3, -0.25) is 0 Å². The fourth-order valence-corrected chi connectivity index (χ4v) is 1.79. The van der Waals surface area contributed by atoms with Crippen LogP contribution in [0.5, 0.6) is 0 Å². The molecule has 104 valence electrons. The molecule has 0 aliphatic carbocycles. The van der Waals surface area contributed by atoms with Crippen LogP contribution >= 0.6 is 0 Å². The first-order valence-corrected chi connectivity index (χ1v) is 6.11. The van der Waals surface area contributed by atoms with Crippen LogP contribution in [0.2, 0.25) is 0 Å². The smallest absolute Gasteiger partial charge is 0.466 e. The van der Waals surface area contributed by atoms with Gasteiger partial charge in [0.1, 0.15) is 5.76 Å². The molecule has 10 heteroatoms. The van der Waals surface area contributed by atoms with Crippen molar-refractivity contribution in [1.29, 1.82) is 0 Å². The molecule has 0 bridgehead atoms. The molecular formula is C8H10F3NO5S. The molecule has 0 aromatic heterocycles. The zero-order valence-electron chi connectivity index (χ0n) is 9.20. The summed E-state index contributed by atoms with van der Waals surface area (Å²) in [6, 6.07) is 0. The lowest BCUT2D eigenvalue weighted by molar-refractivity contribution is -0.136. The maximum Gasteiger partial charge on any atom is 0.534 e. The summed E-state index contributed by atoms with van der Waals surface area (Å²) in [5.74, 6) is -1.48. The van der Waals surface area contributed by atoms with Gasteiger partial charge in [-0.05, 0) is 0 Å². The van der Waals surface area contributed by atoms with Crippen molar-refractivity contribution < 1.29 is 35.3 Å². The van der Waals surface area contributed by atoms with E-state index in [1.54, 1.807) is 0 Å². The lowest BCUT2D eigenvalue weighted by atomic mass is 10.1. The zero-order chi connectivity index (χ0) is 14.0. The molecular weight excluding hydrogens is 279 g/mol. The van der Waals surface area contributed by atoms with Crippen molar-refractivity contribution in [2.75, 3.05) is 20.2 Å². The average Bonchev–Trinajstić information content (AvgIpc) is 2.26. The number of halogens is 3. The van der Waals surface area contributed by atoms with E-state index in [1.165, 1.54) is 0 Å². The highest BCUT2D eigenvalue weighted by molar-refractivity contribution is 7.87. The largest absolute Gasteiger partial charge is 0.534 e. The number of rotatable bonds is 3. The fourth-order valence-electron chi connectivity index (χ4n) is 1.25. The molecule has 0 aromatic carbocycles. The Labute approximate surface area is 101 Å². The van der Waals surface area contributed by atoms with Gasteiger partial charge in [-0.25, -0.2) is 4.79 Å².